The molecule has 0 saturated heterocycles. The summed E-state index contributed by atoms with van der Waals surface area (Å²) in [5.41, 5.74) is 2.45. The van der Waals surface area contributed by atoms with Gasteiger partial charge in [-0.25, -0.2) is 4.98 Å². The quantitative estimate of drug-likeness (QED) is 0.652. The SMILES string of the molecule is Cc1csc(Nc2ccc(NC(=O)C3CC3[N+](=O)[O-])cc2)n1. The predicted octanol–water partition coefficient (Wildman–Crippen LogP) is 2.80. The monoisotopic (exact) mass is 318 g/mol. The molecule has 0 aliphatic heterocycles. The van der Waals surface area contributed by atoms with Gasteiger partial charge >= 0.3 is 0 Å². The molecule has 114 valence electrons. The molecule has 2 aromatic rings. The molecule has 1 amide bonds. The average molecular weight is 318 g/mol. The van der Waals surface area contributed by atoms with Gasteiger partial charge in [0.05, 0.1) is 5.69 Å². The summed E-state index contributed by atoms with van der Waals surface area (Å²) in [5, 5.41) is 19.2. The highest BCUT2D eigenvalue weighted by Gasteiger charge is 2.53. The van der Waals surface area contributed by atoms with Gasteiger partial charge in [0, 0.05) is 28.1 Å². The van der Waals surface area contributed by atoms with Crippen LogP contribution in [-0.2, 0) is 4.79 Å². The van der Waals surface area contributed by atoms with Crippen molar-refractivity contribution in [2.45, 2.75) is 19.4 Å². The summed E-state index contributed by atoms with van der Waals surface area (Å²) in [5.74, 6) is -0.802. The first-order chi connectivity index (χ1) is 10.5. The number of nitrogens with one attached hydrogen (secondary N) is 2. The molecule has 0 radical (unpaired) electrons. The van der Waals surface area contributed by atoms with Crippen molar-refractivity contribution in [3.8, 4) is 0 Å². The number of thiazole rings is 1. The Kier molecular flexibility index (Phi) is 3.76. The summed E-state index contributed by atoms with van der Waals surface area (Å²) >= 11 is 1.52. The molecule has 1 heterocycles. The minimum atomic E-state index is -0.728. The summed E-state index contributed by atoms with van der Waals surface area (Å²) in [6.07, 6.45) is 0.321. The van der Waals surface area contributed by atoms with Crippen molar-refractivity contribution in [3.63, 3.8) is 0 Å². The Labute approximate surface area is 130 Å². The highest BCUT2D eigenvalue weighted by atomic mass is 32.1. The van der Waals surface area contributed by atoms with E-state index in [4.69, 9.17) is 0 Å². The van der Waals surface area contributed by atoms with Crippen molar-refractivity contribution in [2.24, 2.45) is 5.92 Å². The maximum atomic E-state index is 11.8. The van der Waals surface area contributed by atoms with Gasteiger partial charge in [-0.15, -0.1) is 11.3 Å². The minimum Gasteiger partial charge on any atom is -0.332 e. The molecule has 1 aliphatic carbocycles. The fourth-order valence-corrected chi connectivity index (χ4v) is 2.81. The largest absolute Gasteiger partial charge is 0.332 e. The van der Waals surface area contributed by atoms with Crippen LogP contribution in [0.3, 0.4) is 0 Å². The Balaban J connectivity index is 1.58. The lowest BCUT2D eigenvalue weighted by atomic mass is 10.2. The normalized spacial score (nSPS) is 19.5. The van der Waals surface area contributed by atoms with Crippen molar-refractivity contribution in [3.05, 3.63) is 45.5 Å². The molecular formula is C14H14N4O3S. The maximum Gasteiger partial charge on any atom is 0.234 e. The van der Waals surface area contributed by atoms with Crippen LogP contribution < -0.4 is 10.6 Å². The van der Waals surface area contributed by atoms with Crippen LogP contribution >= 0.6 is 11.3 Å². The Morgan fingerprint density at radius 3 is 2.59 bits per heavy atom. The Bertz CT molecular complexity index is 713. The zero-order chi connectivity index (χ0) is 15.7. The molecule has 2 atom stereocenters. The van der Waals surface area contributed by atoms with Crippen LogP contribution in [0.5, 0.6) is 0 Å². The molecule has 1 fully saturated rings. The third-order valence-corrected chi connectivity index (χ3v) is 4.26. The van der Waals surface area contributed by atoms with Gasteiger partial charge < -0.3 is 10.6 Å². The van der Waals surface area contributed by atoms with E-state index >= 15 is 0 Å². The van der Waals surface area contributed by atoms with E-state index in [1.165, 1.54) is 11.3 Å². The van der Waals surface area contributed by atoms with Crippen molar-refractivity contribution in [1.29, 1.82) is 0 Å². The van der Waals surface area contributed by atoms with Crippen LogP contribution in [0, 0.1) is 23.0 Å². The van der Waals surface area contributed by atoms with Gasteiger partial charge in [0.1, 0.15) is 5.92 Å². The fourth-order valence-electron chi connectivity index (χ4n) is 2.10. The van der Waals surface area contributed by atoms with Crippen molar-refractivity contribution >= 4 is 33.8 Å². The second-order valence-corrected chi connectivity index (χ2v) is 6.04. The number of benzene rings is 1. The number of hydrogen-bond donors (Lipinski definition) is 2. The van der Waals surface area contributed by atoms with E-state index in [1.54, 1.807) is 12.1 Å². The minimum absolute atomic E-state index is 0.294. The number of carbonyl (C=O) groups excluding carboxylic acids is 1. The number of amides is 1. The summed E-state index contributed by atoms with van der Waals surface area (Å²) in [6.45, 7) is 1.93. The van der Waals surface area contributed by atoms with Crippen LogP contribution in [0.1, 0.15) is 12.1 Å². The third kappa shape index (κ3) is 3.22. The van der Waals surface area contributed by atoms with E-state index in [0.717, 1.165) is 16.5 Å². The Morgan fingerprint density at radius 2 is 2.05 bits per heavy atom. The van der Waals surface area contributed by atoms with E-state index in [1.807, 2.05) is 24.4 Å². The molecule has 22 heavy (non-hydrogen) atoms. The van der Waals surface area contributed by atoms with Gasteiger partial charge in [0.25, 0.3) is 0 Å². The van der Waals surface area contributed by atoms with Gasteiger partial charge in [-0.05, 0) is 31.2 Å². The number of hydrogen-bond acceptors (Lipinski definition) is 6. The van der Waals surface area contributed by atoms with Crippen LogP contribution in [0.15, 0.2) is 29.6 Å². The van der Waals surface area contributed by atoms with Crippen LogP contribution in [0.25, 0.3) is 0 Å². The van der Waals surface area contributed by atoms with Gasteiger partial charge in [0.15, 0.2) is 5.13 Å². The first-order valence-corrected chi connectivity index (χ1v) is 7.64. The van der Waals surface area contributed by atoms with E-state index in [-0.39, 0.29) is 5.91 Å². The molecule has 1 aromatic heterocycles. The van der Waals surface area contributed by atoms with Crippen molar-refractivity contribution < 1.29 is 9.72 Å². The van der Waals surface area contributed by atoms with E-state index < -0.39 is 16.9 Å². The third-order valence-electron chi connectivity index (χ3n) is 3.39. The Morgan fingerprint density at radius 1 is 1.36 bits per heavy atom. The summed E-state index contributed by atoms with van der Waals surface area (Å²) in [4.78, 5) is 26.3. The summed E-state index contributed by atoms with van der Waals surface area (Å²) in [7, 11) is 0. The lowest BCUT2D eigenvalue weighted by Gasteiger charge is -2.06. The number of anilines is 3. The molecule has 8 heteroatoms. The van der Waals surface area contributed by atoms with E-state index in [0.29, 0.717) is 12.1 Å². The van der Waals surface area contributed by atoms with Gasteiger partial charge in [0.2, 0.25) is 11.9 Å². The van der Waals surface area contributed by atoms with E-state index in [9.17, 15) is 14.9 Å². The van der Waals surface area contributed by atoms with Gasteiger partial charge in [-0.3, -0.25) is 14.9 Å². The van der Waals surface area contributed by atoms with Crippen LogP contribution in [-0.4, -0.2) is 21.9 Å². The zero-order valence-electron chi connectivity index (χ0n) is 11.8. The Hall–Kier alpha value is -2.48. The van der Waals surface area contributed by atoms with Crippen molar-refractivity contribution in [2.75, 3.05) is 10.6 Å². The maximum absolute atomic E-state index is 11.8. The topological polar surface area (TPSA) is 97.2 Å². The number of nitro groups is 1. The lowest BCUT2D eigenvalue weighted by Crippen LogP contribution is -2.18. The summed E-state index contributed by atoms with van der Waals surface area (Å²) in [6, 6.07) is 6.43. The highest BCUT2D eigenvalue weighted by Crippen LogP contribution is 2.34. The molecule has 7 nitrogen and oxygen atoms in total. The molecule has 0 bridgehead atoms. The highest BCUT2D eigenvalue weighted by molar-refractivity contribution is 7.13. The molecule has 1 aliphatic rings. The van der Waals surface area contributed by atoms with Crippen LogP contribution in [0.4, 0.5) is 16.5 Å². The molecule has 2 unspecified atom stereocenters. The molecule has 3 rings (SSSR count). The number of aromatic nitrogens is 1. The number of rotatable bonds is 5. The fraction of sp³-hybridized carbons (Fsp3) is 0.286. The van der Waals surface area contributed by atoms with Crippen molar-refractivity contribution in [1.82, 2.24) is 4.98 Å². The molecular weight excluding hydrogens is 304 g/mol. The second kappa shape index (κ2) is 5.72. The standard InChI is InChI=1S/C14H14N4O3S/c1-8-7-22-14(15-8)17-10-4-2-9(3-5-10)16-13(19)11-6-12(11)18(20)21/h2-5,7,11-12H,6H2,1H3,(H,15,17)(H,16,19). The molecule has 0 spiro atoms. The second-order valence-electron chi connectivity index (χ2n) is 5.18. The van der Waals surface area contributed by atoms with Gasteiger partial charge in [-0.1, -0.05) is 0 Å². The van der Waals surface area contributed by atoms with E-state index in [2.05, 4.69) is 15.6 Å². The zero-order valence-corrected chi connectivity index (χ0v) is 12.6. The average Bonchev–Trinajstić information content (AvgIpc) is 3.19. The molecule has 2 N–H and O–H groups in total. The van der Waals surface area contributed by atoms with Crippen LogP contribution in [0.2, 0.25) is 0 Å². The molecule has 1 saturated carbocycles. The predicted molar refractivity (Wildman–Crippen MR) is 84.1 cm³/mol. The number of carbonyl (C=O) groups is 1. The first-order valence-electron chi connectivity index (χ1n) is 6.76. The lowest BCUT2D eigenvalue weighted by molar-refractivity contribution is -0.497. The first kappa shape index (κ1) is 14.5. The smallest absolute Gasteiger partial charge is 0.234 e. The van der Waals surface area contributed by atoms with Gasteiger partial charge in [-0.2, -0.15) is 0 Å². The molecule has 1 aromatic carbocycles. The number of aryl methyl sites for hydroxylation is 1. The number of nitrogens with zero attached hydrogens (tertiary/aromatic N) is 2. The summed E-state index contributed by atoms with van der Waals surface area (Å²) < 4.78 is 0.